The number of thiophene rings is 1. The number of rotatable bonds is 8. The highest BCUT2D eigenvalue weighted by atomic mass is 32.1. The third-order valence-electron chi connectivity index (χ3n) is 4.94. The van der Waals surface area contributed by atoms with Crippen LogP contribution in [0.25, 0.3) is 0 Å². The fourth-order valence-electron chi connectivity index (χ4n) is 3.39. The summed E-state index contributed by atoms with van der Waals surface area (Å²) in [4.78, 5) is 27.2. The Labute approximate surface area is 185 Å². The van der Waals surface area contributed by atoms with Crippen LogP contribution >= 0.6 is 11.3 Å². The summed E-state index contributed by atoms with van der Waals surface area (Å²) < 4.78 is 11.4. The molecule has 4 rings (SSSR count). The largest absolute Gasteiger partial charge is 0.494 e. The van der Waals surface area contributed by atoms with E-state index < -0.39 is 0 Å². The number of unbranched alkanes of at least 4 members (excludes halogenated alkanes) is 1. The molecule has 1 N–H and O–H groups in total. The van der Waals surface area contributed by atoms with Gasteiger partial charge in [-0.05, 0) is 67.1 Å². The van der Waals surface area contributed by atoms with Gasteiger partial charge >= 0.3 is 0 Å². The number of ether oxygens (including phenoxy) is 2. The van der Waals surface area contributed by atoms with Gasteiger partial charge in [0.1, 0.15) is 11.5 Å². The number of hydrogen-bond donors (Lipinski definition) is 1. The molecule has 1 aliphatic heterocycles. The first-order chi connectivity index (χ1) is 15.1. The van der Waals surface area contributed by atoms with Crippen molar-refractivity contribution in [2.75, 3.05) is 30.0 Å². The Balaban J connectivity index is 1.36. The van der Waals surface area contributed by atoms with Crippen LogP contribution in [0.3, 0.4) is 0 Å². The molecule has 1 aromatic heterocycles. The van der Waals surface area contributed by atoms with E-state index in [1.807, 2.05) is 42.6 Å². The average molecular weight is 437 g/mol. The molecule has 2 aromatic carbocycles. The molecular formula is C24H24N2O4S. The van der Waals surface area contributed by atoms with Gasteiger partial charge in [0.05, 0.1) is 17.2 Å². The molecule has 160 valence electrons. The molecule has 0 radical (unpaired) electrons. The number of hydrogen-bond acceptors (Lipinski definition) is 5. The van der Waals surface area contributed by atoms with Crippen molar-refractivity contribution in [2.45, 2.75) is 19.8 Å². The summed E-state index contributed by atoms with van der Waals surface area (Å²) in [6.45, 7) is 3.21. The number of fused-ring (bicyclic) bond motifs is 1. The molecule has 0 bridgehead atoms. The molecule has 2 heterocycles. The maximum Gasteiger partial charge on any atom is 0.265 e. The van der Waals surface area contributed by atoms with Crippen molar-refractivity contribution >= 4 is 34.5 Å². The summed E-state index contributed by atoms with van der Waals surface area (Å²) >= 11 is 1.38. The molecule has 0 unspecified atom stereocenters. The number of aryl methyl sites for hydroxylation is 1. The van der Waals surface area contributed by atoms with E-state index in [1.54, 1.807) is 29.2 Å². The molecule has 0 fully saturated rings. The van der Waals surface area contributed by atoms with Gasteiger partial charge in [-0.15, -0.1) is 11.3 Å². The smallest absolute Gasteiger partial charge is 0.265 e. The zero-order valence-corrected chi connectivity index (χ0v) is 18.1. The molecule has 0 aliphatic carbocycles. The summed E-state index contributed by atoms with van der Waals surface area (Å²) in [6, 6.07) is 16.9. The lowest BCUT2D eigenvalue weighted by molar-refractivity contribution is -0.121. The minimum atomic E-state index is -0.169. The van der Waals surface area contributed by atoms with Crippen LogP contribution in [0.1, 0.15) is 28.1 Å². The van der Waals surface area contributed by atoms with E-state index in [0.29, 0.717) is 35.2 Å². The van der Waals surface area contributed by atoms with Crippen molar-refractivity contribution < 1.29 is 19.1 Å². The lowest BCUT2D eigenvalue weighted by atomic mass is 10.2. The van der Waals surface area contributed by atoms with Crippen LogP contribution in [0.5, 0.6) is 11.5 Å². The van der Waals surface area contributed by atoms with Crippen molar-refractivity contribution in [3.8, 4) is 11.5 Å². The second-order valence-corrected chi connectivity index (χ2v) is 8.27. The summed E-state index contributed by atoms with van der Waals surface area (Å²) in [5.74, 6) is 1.25. The second-order valence-electron chi connectivity index (χ2n) is 7.32. The highest BCUT2D eigenvalue weighted by molar-refractivity contribution is 7.12. The molecule has 6 nitrogen and oxygen atoms in total. The Morgan fingerprint density at radius 2 is 2.06 bits per heavy atom. The number of amides is 2. The van der Waals surface area contributed by atoms with Crippen LogP contribution in [0, 0.1) is 6.92 Å². The maximum atomic E-state index is 12.5. The van der Waals surface area contributed by atoms with Crippen LogP contribution in [0.15, 0.2) is 60.0 Å². The molecule has 0 atom stereocenters. The zero-order valence-electron chi connectivity index (χ0n) is 17.3. The summed E-state index contributed by atoms with van der Waals surface area (Å²) in [6.07, 6.45) is 1.62. The van der Waals surface area contributed by atoms with Crippen molar-refractivity contribution in [1.29, 1.82) is 0 Å². The van der Waals surface area contributed by atoms with E-state index in [2.05, 4.69) is 5.32 Å². The highest BCUT2D eigenvalue weighted by Gasteiger charge is 2.25. The van der Waals surface area contributed by atoms with E-state index in [1.165, 1.54) is 11.3 Å². The van der Waals surface area contributed by atoms with E-state index >= 15 is 0 Å². The van der Waals surface area contributed by atoms with Crippen LogP contribution < -0.4 is 19.7 Å². The molecule has 2 amide bonds. The third kappa shape index (κ3) is 5.24. The minimum Gasteiger partial charge on any atom is -0.494 e. The molecule has 31 heavy (non-hydrogen) atoms. The van der Waals surface area contributed by atoms with Gasteiger partial charge in [-0.1, -0.05) is 18.2 Å². The summed E-state index contributed by atoms with van der Waals surface area (Å²) in [5.41, 5.74) is 2.47. The topological polar surface area (TPSA) is 67.9 Å². The molecule has 7 heteroatoms. The van der Waals surface area contributed by atoms with Gasteiger partial charge in [0.15, 0.2) is 6.61 Å². The SMILES string of the molecule is Cc1cccc(OCCCCN2C(=O)COc3ccc(NC(=O)c4cccs4)cc32)c1. The quantitative estimate of drug-likeness (QED) is 0.511. The fraction of sp³-hybridized carbons (Fsp3) is 0.250. The lowest BCUT2D eigenvalue weighted by Gasteiger charge is -2.30. The number of benzene rings is 2. The second kappa shape index (κ2) is 9.66. The Bertz CT molecular complexity index is 1070. The fourth-order valence-corrected chi connectivity index (χ4v) is 4.01. The van der Waals surface area contributed by atoms with E-state index in [-0.39, 0.29) is 18.4 Å². The molecule has 3 aromatic rings. The van der Waals surface area contributed by atoms with Crippen LogP contribution in [0.2, 0.25) is 0 Å². The van der Waals surface area contributed by atoms with Gasteiger partial charge in [0.2, 0.25) is 0 Å². The van der Waals surface area contributed by atoms with Crippen LogP contribution in [-0.2, 0) is 4.79 Å². The van der Waals surface area contributed by atoms with Crippen molar-refractivity contribution in [1.82, 2.24) is 0 Å². The van der Waals surface area contributed by atoms with Crippen LogP contribution in [0.4, 0.5) is 11.4 Å². The first-order valence-corrected chi connectivity index (χ1v) is 11.1. The summed E-state index contributed by atoms with van der Waals surface area (Å²) in [7, 11) is 0. The monoisotopic (exact) mass is 436 g/mol. The summed E-state index contributed by atoms with van der Waals surface area (Å²) in [5, 5.41) is 4.75. The van der Waals surface area contributed by atoms with Gasteiger partial charge in [-0.2, -0.15) is 0 Å². The number of nitrogens with one attached hydrogen (secondary N) is 1. The normalized spacial score (nSPS) is 12.8. The maximum absolute atomic E-state index is 12.5. The predicted molar refractivity (Wildman–Crippen MR) is 122 cm³/mol. The Morgan fingerprint density at radius 3 is 2.87 bits per heavy atom. The Kier molecular flexibility index (Phi) is 6.52. The number of carbonyl (C=O) groups is 2. The van der Waals surface area contributed by atoms with Gasteiger partial charge in [-0.3, -0.25) is 9.59 Å². The molecular weight excluding hydrogens is 412 g/mol. The third-order valence-corrected chi connectivity index (χ3v) is 5.81. The Hall–Kier alpha value is -3.32. The van der Waals surface area contributed by atoms with Crippen molar-refractivity contribution in [3.05, 3.63) is 70.4 Å². The first-order valence-electron chi connectivity index (χ1n) is 10.2. The molecule has 0 saturated carbocycles. The lowest BCUT2D eigenvalue weighted by Crippen LogP contribution is -2.39. The van der Waals surface area contributed by atoms with E-state index in [4.69, 9.17) is 9.47 Å². The van der Waals surface area contributed by atoms with Gasteiger partial charge in [0.25, 0.3) is 11.8 Å². The van der Waals surface area contributed by atoms with Crippen molar-refractivity contribution in [2.24, 2.45) is 0 Å². The first kappa shape index (κ1) is 20.9. The molecule has 1 aliphatic rings. The zero-order chi connectivity index (χ0) is 21.6. The van der Waals surface area contributed by atoms with Gasteiger partial charge < -0.3 is 19.7 Å². The number of nitrogens with zero attached hydrogens (tertiary/aromatic N) is 1. The van der Waals surface area contributed by atoms with Crippen LogP contribution in [-0.4, -0.2) is 31.6 Å². The predicted octanol–water partition coefficient (Wildman–Crippen LogP) is 4.89. The van der Waals surface area contributed by atoms with E-state index in [9.17, 15) is 9.59 Å². The molecule has 0 saturated heterocycles. The number of anilines is 2. The number of carbonyl (C=O) groups excluding carboxylic acids is 2. The van der Waals surface area contributed by atoms with Crippen molar-refractivity contribution in [3.63, 3.8) is 0 Å². The average Bonchev–Trinajstić information content (AvgIpc) is 3.30. The van der Waals surface area contributed by atoms with Gasteiger partial charge in [0, 0.05) is 12.2 Å². The van der Waals surface area contributed by atoms with E-state index in [0.717, 1.165) is 24.2 Å². The van der Waals surface area contributed by atoms with Gasteiger partial charge in [-0.25, -0.2) is 0 Å². The minimum absolute atomic E-state index is 0.0215. The Morgan fingerprint density at radius 1 is 1.16 bits per heavy atom. The highest BCUT2D eigenvalue weighted by Crippen LogP contribution is 2.35. The molecule has 0 spiro atoms. The standard InChI is InChI=1S/C24H24N2O4S/c1-17-6-4-7-19(14-17)29-12-3-2-11-26-20-15-18(9-10-21(20)30-16-23(26)27)25-24(28)22-8-5-13-31-22/h4-10,13-15H,2-3,11-12,16H2,1H3,(H,25,28).